The molecular weight excluding hydrogens is 980 g/mol. The molecule has 0 saturated heterocycles. The van der Waals surface area contributed by atoms with Gasteiger partial charge in [0.25, 0.3) is 0 Å². The summed E-state index contributed by atoms with van der Waals surface area (Å²) in [6, 6.07) is 66.2. The molecule has 0 saturated carbocycles. The standard InChI is InChI=1S/C58H42N4O2.Pt/c1-39-32-57(59-37-51(39)42-20-9-4-10-21-42)62-54-35-46(29-30-49(54)50-33-43-22-15-31-63-56(43)36-55(50)62)64-45-24-13-23-44(34-45)60-38-61(53-28-12-11-27-52(53)60)58-47(40-16-5-2-6-17-40)25-14-26-48(58)41-18-7-3-8-19-41;/h2-14,16-21,23-30,32-37H,15,22,31H2,1H3;/i1D3;. The van der Waals surface area contributed by atoms with Gasteiger partial charge in [-0.15, -0.1) is 0 Å². The van der Waals surface area contributed by atoms with Gasteiger partial charge < -0.3 is 4.74 Å². The van der Waals surface area contributed by atoms with Crippen molar-refractivity contribution < 1.29 is 32.9 Å². The molecule has 316 valence electrons. The fourth-order valence-electron chi connectivity index (χ4n) is 9.45. The van der Waals surface area contributed by atoms with Crippen LogP contribution in [0, 0.1) is 10.7 Å². The van der Waals surface area contributed by atoms with Gasteiger partial charge in [0.1, 0.15) is 5.75 Å². The second-order valence-corrected chi connectivity index (χ2v) is 17.3. The first-order valence-corrected chi connectivity index (χ1v) is 22.9. The number of nitrogens with zero attached hydrogens (tertiary/aromatic N) is 4. The second kappa shape index (κ2) is 16.2. The summed E-state index contributed by atoms with van der Waals surface area (Å²) in [5, 5.41) is 2.04. The van der Waals surface area contributed by atoms with Gasteiger partial charge in [-0.3, -0.25) is 0 Å². The van der Waals surface area contributed by atoms with E-state index in [1.165, 1.54) is 0 Å². The Hall–Kier alpha value is -7.53. The SMILES string of the molecule is [2H]C([2H])([2H])c1cc(-n2c3cc(Oc4cccc(-n5[c](=[Pt])n(-c6c(-c7ccccc7)cccc6-c6ccccc6)c6ccccc65)c4)ccc3c3cc4c(cc32)OCCC4)ncc1-c1ccccc1. The number of hydrogen-bond donors (Lipinski definition) is 0. The van der Waals surface area contributed by atoms with E-state index in [4.69, 9.17) is 18.6 Å². The molecule has 0 spiro atoms. The maximum atomic E-state index is 8.62. The van der Waals surface area contributed by atoms with E-state index >= 15 is 0 Å². The fourth-order valence-corrected chi connectivity index (χ4v) is 10.5. The van der Waals surface area contributed by atoms with E-state index in [0.717, 1.165) is 100.0 Å². The number of pyridine rings is 1. The van der Waals surface area contributed by atoms with Crippen LogP contribution in [-0.4, -0.2) is 25.3 Å². The Labute approximate surface area is 391 Å². The monoisotopic (exact) mass is 1020 g/mol. The van der Waals surface area contributed by atoms with Crippen molar-refractivity contribution in [3.63, 3.8) is 0 Å². The molecule has 0 radical (unpaired) electrons. The number of ether oxygens (including phenoxy) is 2. The third-order valence-electron chi connectivity index (χ3n) is 12.4. The van der Waals surface area contributed by atoms with Gasteiger partial charge in [-0.2, -0.15) is 0 Å². The van der Waals surface area contributed by atoms with Crippen molar-refractivity contribution in [2.24, 2.45) is 0 Å². The summed E-state index contributed by atoms with van der Waals surface area (Å²) >= 11 is 2.47. The molecule has 11 aromatic rings. The Morgan fingerprint density at radius 3 is 1.89 bits per heavy atom. The molecule has 3 aromatic heterocycles. The van der Waals surface area contributed by atoms with Crippen LogP contribution in [0.3, 0.4) is 0 Å². The first kappa shape index (κ1) is 35.9. The van der Waals surface area contributed by atoms with E-state index < -0.39 is 6.85 Å². The first-order chi connectivity index (χ1) is 33.3. The Morgan fingerprint density at radius 2 is 1.18 bits per heavy atom. The van der Waals surface area contributed by atoms with Crippen molar-refractivity contribution in [3.8, 4) is 67.8 Å². The Kier molecular flexibility index (Phi) is 8.96. The molecule has 4 heterocycles. The zero-order valence-electron chi connectivity index (χ0n) is 38.1. The first-order valence-electron chi connectivity index (χ1n) is 23.3. The van der Waals surface area contributed by atoms with Crippen LogP contribution in [0.2, 0.25) is 0 Å². The van der Waals surface area contributed by atoms with E-state index in [1.807, 2.05) is 59.2 Å². The fraction of sp³-hybridized carbons (Fsp3) is 0.0690. The van der Waals surface area contributed by atoms with E-state index in [2.05, 4.69) is 162 Å². The molecule has 0 bridgehead atoms. The van der Waals surface area contributed by atoms with Crippen molar-refractivity contribution in [2.45, 2.75) is 19.7 Å². The third-order valence-corrected chi connectivity index (χ3v) is 13.4. The van der Waals surface area contributed by atoms with Crippen LogP contribution in [0.15, 0.2) is 200 Å². The minimum absolute atomic E-state index is 0.232. The second-order valence-electron chi connectivity index (χ2n) is 16.3. The molecule has 0 N–H and O–H groups in total. The van der Waals surface area contributed by atoms with Crippen LogP contribution in [0.25, 0.3) is 83.4 Å². The molecule has 1 aliphatic heterocycles. The number of hydrogen-bond acceptors (Lipinski definition) is 3. The predicted octanol–water partition coefficient (Wildman–Crippen LogP) is 14.4. The molecule has 8 aromatic carbocycles. The molecule has 12 rings (SSSR count). The predicted molar refractivity (Wildman–Crippen MR) is 259 cm³/mol. The smallest absolute Gasteiger partial charge is 0.493 e. The van der Waals surface area contributed by atoms with Crippen LogP contribution in [0.5, 0.6) is 17.2 Å². The summed E-state index contributed by atoms with van der Waals surface area (Å²) in [4.78, 5) is 4.97. The molecule has 0 atom stereocenters. The van der Waals surface area contributed by atoms with Crippen LogP contribution in [-0.2, 0) is 25.8 Å². The number of imidazole rings is 1. The molecule has 65 heavy (non-hydrogen) atoms. The Bertz CT molecular complexity index is 3730. The summed E-state index contributed by atoms with van der Waals surface area (Å²) in [5.74, 6) is 2.63. The summed E-state index contributed by atoms with van der Waals surface area (Å²) in [5.41, 5.74) is 13.2. The number of fused-ring (bicyclic) bond motifs is 5. The Balaban J connectivity index is 0.994. The number of benzene rings is 8. The van der Waals surface area contributed by atoms with E-state index in [1.54, 1.807) is 12.3 Å². The molecule has 6 nitrogen and oxygen atoms in total. The van der Waals surface area contributed by atoms with E-state index in [9.17, 15) is 0 Å². The van der Waals surface area contributed by atoms with Gasteiger partial charge in [0, 0.05) is 15.9 Å². The van der Waals surface area contributed by atoms with Crippen LogP contribution in [0.4, 0.5) is 0 Å². The van der Waals surface area contributed by atoms with Crippen molar-refractivity contribution in [2.75, 3.05) is 6.61 Å². The minimum atomic E-state index is -2.39. The van der Waals surface area contributed by atoms with Gasteiger partial charge in [-0.25, -0.2) is 0 Å². The summed E-state index contributed by atoms with van der Waals surface area (Å²) in [6.45, 7) is -1.74. The van der Waals surface area contributed by atoms with Gasteiger partial charge in [0.05, 0.1) is 6.61 Å². The van der Waals surface area contributed by atoms with Crippen LogP contribution < -0.4 is 9.47 Å². The van der Waals surface area contributed by atoms with Crippen molar-refractivity contribution in [1.82, 2.24) is 18.7 Å². The number of para-hydroxylation sites is 3. The van der Waals surface area contributed by atoms with Crippen LogP contribution in [0.1, 0.15) is 21.7 Å². The molecule has 0 unspecified atom stereocenters. The molecule has 0 fully saturated rings. The average molecular weight is 1030 g/mol. The van der Waals surface area contributed by atoms with E-state index in [0.29, 0.717) is 29.5 Å². The number of aromatic nitrogens is 4. The van der Waals surface area contributed by atoms with Gasteiger partial charge >= 0.3 is 294 Å². The molecule has 0 aliphatic carbocycles. The summed E-state index contributed by atoms with van der Waals surface area (Å²) < 4.78 is 46.6. The Morgan fingerprint density at radius 1 is 0.554 bits per heavy atom. The zero-order valence-corrected chi connectivity index (χ0v) is 37.4. The molecular formula is C58H42N4O2Pt. The maximum absolute atomic E-state index is 8.62. The molecule has 7 heteroatoms. The zero-order chi connectivity index (χ0) is 45.9. The molecule has 0 amide bonds. The van der Waals surface area contributed by atoms with Crippen molar-refractivity contribution in [3.05, 3.63) is 215 Å². The van der Waals surface area contributed by atoms with Gasteiger partial charge in [-0.05, 0) is 36.4 Å². The van der Waals surface area contributed by atoms with Gasteiger partial charge in [0.15, 0.2) is 0 Å². The van der Waals surface area contributed by atoms with Crippen molar-refractivity contribution in [1.29, 1.82) is 0 Å². The molecule has 1 aliphatic rings. The van der Waals surface area contributed by atoms with Crippen LogP contribution >= 0.6 is 0 Å². The topological polar surface area (TPSA) is 46.1 Å². The third kappa shape index (κ3) is 6.84. The van der Waals surface area contributed by atoms with Gasteiger partial charge in [-0.1, -0.05) is 30.3 Å². The van der Waals surface area contributed by atoms with Crippen molar-refractivity contribution >= 4 is 32.8 Å². The minimum Gasteiger partial charge on any atom is -0.493 e. The number of aryl methyl sites for hydroxylation is 2. The normalized spacial score (nSPS) is 13.3. The average Bonchev–Trinajstić information content (AvgIpc) is 3.85. The van der Waals surface area contributed by atoms with E-state index in [-0.39, 0.29) is 5.56 Å². The summed E-state index contributed by atoms with van der Waals surface area (Å²) in [6.07, 6.45) is 3.56. The number of rotatable bonds is 8. The quantitative estimate of drug-likeness (QED) is 0.152. The summed E-state index contributed by atoms with van der Waals surface area (Å²) in [7, 11) is 0. The van der Waals surface area contributed by atoms with Gasteiger partial charge in [0.2, 0.25) is 0 Å².